The number of benzene rings is 1. The molecule has 8 bridgehead atoms. The first kappa shape index (κ1) is 31.8. The van der Waals surface area contributed by atoms with E-state index in [1.54, 1.807) is 23.1 Å². The van der Waals surface area contributed by atoms with Gasteiger partial charge in [0.1, 0.15) is 27.8 Å². The van der Waals surface area contributed by atoms with E-state index in [4.69, 9.17) is 0 Å². The van der Waals surface area contributed by atoms with Gasteiger partial charge >= 0.3 is 0 Å². The first-order valence-electron chi connectivity index (χ1n) is 16.1. The molecule has 45 heavy (non-hydrogen) atoms. The van der Waals surface area contributed by atoms with Crippen molar-refractivity contribution in [2.75, 3.05) is 47.9 Å². The van der Waals surface area contributed by atoms with Gasteiger partial charge in [-0.1, -0.05) is 31.0 Å². The zero-order valence-electron chi connectivity index (χ0n) is 25.8. The van der Waals surface area contributed by atoms with Gasteiger partial charge in [0.2, 0.25) is 0 Å². The van der Waals surface area contributed by atoms with Crippen LogP contribution < -0.4 is 10.2 Å². The quantitative estimate of drug-likeness (QED) is 0.429. The van der Waals surface area contributed by atoms with E-state index in [1.807, 2.05) is 13.0 Å². The fraction of sp³-hybridized carbons (Fsp3) is 0.606. The zero-order chi connectivity index (χ0) is 31.8. The number of aliphatic hydroxyl groups is 1. The maximum atomic E-state index is 15.4. The van der Waals surface area contributed by atoms with Crippen LogP contribution in [0.2, 0.25) is 0 Å². The SMILES string of the molecule is C[C@H]1Nc2ncnc3c2C=C(C2(C#N)CCS(=O)(=O)CC2)C(O)N3CCCCCCN2CC(CCC(F)(F)c3cccc1c3)C2. The monoisotopic (exact) mass is 640 g/mol. The lowest BCUT2D eigenvalue weighted by Gasteiger charge is -2.42. The van der Waals surface area contributed by atoms with Crippen molar-refractivity contribution in [3.8, 4) is 6.07 Å². The van der Waals surface area contributed by atoms with Crippen LogP contribution in [0.25, 0.3) is 6.08 Å². The highest BCUT2D eigenvalue weighted by molar-refractivity contribution is 7.91. The molecule has 2 aromatic rings. The Balaban J connectivity index is 1.37. The molecule has 0 radical (unpaired) electrons. The summed E-state index contributed by atoms with van der Waals surface area (Å²) in [7, 11) is -3.26. The Morgan fingerprint density at radius 3 is 2.53 bits per heavy atom. The molecule has 0 spiro atoms. The van der Waals surface area contributed by atoms with Crippen LogP contribution in [0.15, 0.2) is 36.2 Å². The summed E-state index contributed by atoms with van der Waals surface area (Å²) in [6.45, 7) is 5.06. The second-order valence-corrected chi connectivity index (χ2v) is 15.6. The second kappa shape index (κ2) is 12.6. The molecule has 12 heteroatoms. The van der Waals surface area contributed by atoms with E-state index in [2.05, 4.69) is 26.3 Å². The molecular weight excluding hydrogens is 598 g/mol. The lowest BCUT2D eigenvalue weighted by molar-refractivity contribution is -0.0291. The molecule has 7 rings (SSSR count). The van der Waals surface area contributed by atoms with Crippen LogP contribution in [0.3, 0.4) is 0 Å². The van der Waals surface area contributed by atoms with E-state index in [1.165, 1.54) is 12.4 Å². The van der Waals surface area contributed by atoms with E-state index >= 15 is 8.78 Å². The van der Waals surface area contributed by atoms with Crippen molar-refractivity contribution in [2.24, 2.45) is 11.3 Å². The van der Waals surface area contributed by atoms with Crippen molar-refractivity contribution >= 4 is 27.5 Å². The normalized spacial score (nSPS) is 29.5. The Morgan fingerprint density at radius 2 is 1.80 bits per heavy atom. The molecule has 2 fully saturated rings. The van der Waals surface area contributed by atoms with Gasteiger partial charge in [-0.2, -0.15) is 5.26 Å². The summed E-state index contributed by atoms with van der Waals surface area (Å²) in [4.78, 5) is 13.2. The van der Waals surface area contributed by atoms with Crippen LogP contribution in [0.5, 0.6) is 0 Å². The molecular formula is C33H42F2N6O3S. The van der Waals surface area contributed by atoms with Gasteiger partial charge in [0.25, 0.3) is 5.92 Å². The summed E-state index contributed by atoms with van der Waals surface area (Å²) >= 11 is 0. The summed E-state index contributed by atoms with van der Waals surface area (Å²) in [5.41, 5.74) is 0.571. The number of aliphatic hydroxyl groups excluding tert-OH is 1. The first-order chi connectivity index (χ1) is 21.5. The maximum absolute atomic E-state index is 15.4. The fourth-order valence-electron chi connectivity index (χ4n) is 7.21. The van der Waals surface area contributed by atoms with Crippen molar-refractivity contribution < 1.29 is 22.3 Å². The van der Waals surface area contributed by atoms with Crippen LogP contribution in [0.4, 0.5) is 20.4 Å². The standard InChI is InChI=1S/C33H42F2N6O3S/c1-23-25-7-6-8-26(17-25)33(34,35)10-9-24-19-40(20-24)13-4-2-3-5-14-41-30-27(29(39-23)37-22-38-30)18-28(31(41)42)32(21-36)11-15-45(43,44)16-12-32/h6-8,17-18,22-24,31,42H,2-5,9-16,19-20H2,1H3,(H,37,38,39)/t23-,31?/m1/s1. The Kier molecular flexibility index (Phi) is 8.89. The number of nitriles is 1. The molecule has 0 amide bonds. The molecule has 6 heterocycles. The molecule has 0 saturated carbocycles. The Morgan fingerprint density at radius 1 is 1.07 bits per heavy atom. The number of rotatable bonds is 1. The third-order valence-electron chi connectivity index (χ3n) is 10.1. The van der Waals surface area contributed by atoms with Crippen molar-refractivity contribution in [3.63, 3.8) is 0 Å². The minimum Gasteiger partial charge on any atom is -0.369 e. The number of alkyl halides is 2. The predicted molar refractivity (Wildman–Crippen MR) is 169 cm³/mol. The summed E-state index contributed by atoms with van der Waals surface area (Å²) in [6, 6.07) is 8.51. The van der Waals surface area contributed by atoms with Gasteiger partial charge in [-0.05, 0) is 74.8 Å². The van der Waals surface area contributed by atoms with E-state index in [9.17, 15) is 18.8 Å². The summed E-state index contributed by atoms with van der Waals surface area (Å²) < 4.78 is 55.4. The van der Waals surface area contributed by atoms with E-state index in [0.29, 0.717) is 47.2 Å². The van der Waals surface area contributed by atoms with Crippen molar-refractivity contribution in [2.45, 2.75) is 76.5 Å². The molecule has 0 aliphatic carbocycles. The summed E-state index contributed by atoms with van der Waals surface area (Å²) in [5.74, 6) is -1.90. The number of hydrogen-bond acceptors (Lipinski definition) is 9. The smallest absolute Gasteiger partial charge is 0.273 e. The van der Waals surface area contributed by atoms with Gasteiger partial charge in [-0.3, -0.25) is 0 Å². The predicted octanol–water partition coefficient (Wildman–Crippen LogP) is 5.27. The molecule has 2 atom stereocenters. The molecule has 1 aromatic carbocycles. The van der Waals surface area contributed by atoms with Gasteiger partial charge < -0.3 is 20.2 Å². The lowest BCUT2D eigenvalue weighted by Crippen LogP contribution is -2.47. The molecule has 5 aliphatic rings. The third kappa shape index (κ3) is 6.58. The lowest BCUT2D eigenvalue weighted by atomic mass is 9.73. The largest absolute Gasteiger partial charge is 0.369 e. The number of nitrogens with zero attached hydrogens (tertiary/aromatic N) is 5. The number of hydrogen-bond donors (Lipinski definition) is 2. The highest BCUT2D eigenvalue weighted by Crippen LogP contribution is 2.47. The van der Waals surface area contributed by atoms with Gasteiger partial charge in [0, 0.05) is 37.7 Å². The van der Waals surface area contributed by atoms with Crippen LogP contribution >= 0.6 is 0 Å². The molecule has 1 unspecified atom stereocenters. The first-order valence-corrected chi connectivity index (χ1v) is 17.9. The number of sulfone groups is 1. The van der Waals surface area contributed by atoms with E-state index in [0.717, 1.165) is 45.3 Å². The van der Waals surface area contributed by atoms with Crippen LogP contribution in [0, 0.1) is 22.7 Å². The van der Waals surface area contributed by atoms with Crippen LogP contribution in [-0.4, -0.2) is 72.3 Å². The van der Waals surface area contributed by atoms with Crippen LogP contribution in [-0.2, 0) is 15.8 Å². The summed E-state index contributed by atoms with van der Waals surface area (Å²) in [5, 5.41) is 25.6. The average Bonchev–Trinajstić information content (AvgIpc) is 3.00. The number of fused-ring (bicyclic) bond motifs is 8. The van der Waals surface area contributed by atoms with Crippen LogP contribution in [0.1, 0.15) is 81.0 Å². The topological polar surface area (TPSA) is 122 Å². The zero-order valence-corrected chi connectivity index (χ0v) is 26.6. The number of halogens is 2. The van der Waals surface area contributed by atoms with Gasteiger partial charge in [-0.15, -0.1) is 0 Å². The Hall–Kier alpha value is -3.14. The van der Waals surface area contributed by atoms with Crippen molar-refractivity contribution in [1.82, 2.24) is 14.9 Å². The Labute approximate surface area is 264 Å². The van der Waals surface area contributed by atoms with E-state index in [-0.39, 0.29) is 36.3 Å². The average molecular weight is 641 g/mol. The van der Waals surface area contributed by atoms with Gasteiger partial charge in [0.05, 0.1) is 28.6 Å². The molecule has 242 valence electrons. The molecule has 1 aromatic heterocycles. The number of anilines is 2. The van der Waals surface area contributed by atoms with Gasteiger partial charge in [-0.25, -0.2) is 27.2 Å². The number of nitrogens with one attached hydrogen (secondary N) is 1. The minimum atomic E-state index is -3.26. The Bertz CT molecular complexity index is 1570. The molecule has 9 nitrogen and oxygen atoms in total. The van der Waals surface area contributed by atoms with Gasteiger partial charge in [0.15, 0.2) is 6.23 Å². The fourth-order valence-corrected chi connectivity index (χ4v) is 8.73. The molecule has 5 aliphatic heterocycles. The highest BCUT2D eigenvalue weighted by Gasteiger charge is 2.46. The third-order valence-corrected chi connectivity index (χ3v) is 11.8. The second-order valence-electron chi connectivity index (χ2n) is 13.2. The maximum Gasteiger partial charge on any atom is 0.273 e. The van der Waals surface area contributed by atoms with Crippen molar-refractivity contribution in [3.05, 3.63) is 52.9 Å². The van der Waals surface area contributed by atoms with E-state index < -0.39 is 33.4 Å². The number of aromatic nitrogens is 2. The molecule has 2 N–H and O–H groups in total. The van der Waals surface area contributed by atoms with Crippen molar-refractivity contribution in [1.29, 1.82) is 5.26 Å². The minimum absolute atomic E-state index is 0.000120. The highest BCUT2D eigenvalue weighted by atomic mass is 32.2. The summed E-state index contributed by atoms with van der Waals surface area (Å²) in [6.07, 6.45) is 6.29. The molecule has 2 saturated heterocycles.